The Morgan fingerprint density at radius 2 is 2.16 bits per heavy atom. The molecule has 0 spiro atoms. The molecular formula is C16H15ClN4O3S. The number of hydrogen-bond donors (Lipinski definition) is 2. The summed E-state index contributed by atoms with van der Waals surface area (Å²) >= 11 is 7.62. The highest BCUT2D eigenvalue weighted by Gasteiger charge is 2.11. The number of rotatable bonds is 6. The monoisotopic (exact) mass is 378 g/mol. The van der Waals surface area contributed by atoms with E-state index in [1.165, 1.54) is 18.4 Å². The van der Waals surface area contributed by atoms with Crippen LogP contribution in [0.1, 0.15) is 5.69 Å². The fourth-order valence-corrected chi connectivity index (χ4v) is 3.13. The van der Waals surface area contributed by atoms with Crippen molar-refractivity contribution in [2.45, 2.75) is 6.42 Å². The minimum Gasteiger partial charge on any atom is -0.375 e. The zero-order chi connectivity index (χ0) is 17.8. The number of thiazole rings is 1. The highest BCUT2D eigenvalue weighted by molar-refractivity contribution is 7.15. The minimum atomic E-state index is -0.292. The van der Waals surface area contributed by atoms with Crippen LogP contribution in [0.5, 0.6) is 0 Å². The first kappa shape index (κ1) is 17.4. The third-order valence-corrected chi connectivity index (χ3v) is 4.38. The van der Waals surface area contributed by atoms with E-state index in [9.17, 15) is 9.59 Å². The number of carbonyl (C=O) groups excluding carboxylic acids is 2. The van der Waals surface area contributed by atoms with Crippen LogP contribution in [0, 0.1) is 0 Å². The number of halogens is 1. The van der Waals surface area contributed by atoms with Crippen LogP contribution in [0.15, 0.2) is 36.0 Å². The summed E-state index contributed by atoms with van der Waals surface area (Å²) in [7, 11) is 1.44. The number of aromatic nitrogens is 2. The topological polar surface area (TPSA) is 84.7 Å². The van der Waals surface area contributed by atoms with Gasteiger partial charge in [-0.2, -0.15) is 0 Å². The molecule has 0 atom stereocenters. The Bertz CT molecular complexity index is 893. The molecule has 0 bridgehead atoms. The minimum absolute atomic E-state index is 0.0538. The van der Waals surface area contributed by atoms with Gasteiger partial charge in [-0.3, -0.25) is 14.0 Å². The number of hydrogen-bond acceptors (Lipinski definition) is 5. The third kappa shape index (κ3) is 4.36. The van der Waals surface area contributed by atoms with Gasteiger partial charge in [0.2, 0.25) is 11.8 Å². The molecule has 0 fully saturated rings. The van der Waals surface area contributed by atoms with Crippen molar-refractivity contribution < 1.29 is 14.3 Å². The molecule has 3 aromatic rings. The van der Waals surface area contributed by atoms with Gasteiger partial charge in [0.15, 0.2) is 4.96 Å². The number of imidazole rings is 1. The second-order valence-electron chi connectivity index (χ2n) is 5.23. The third-order valence-electron chi connectivity index (χ3n) is 3.28. The summed E-state index contributed by atoms with van der Waals surface area (Å²) in [6.45, 7) is -0.0538. The van der Waals surface area contributed by atoms with Gasteiger partial charge in [-0.15, -0.1) is 11.3 Å². The normalized spacial score (nSPS) is 10.8. The first-order valence-corrected chi connectivity index (χ1v) is 8.60. The maximum atomic E-state index is 12.2. The lowest BCUT2D eigenvalue weighted by Gasteiger charge is -2.10. The average molecular weight is 379 g/mol. The highest BCUT2D eigenvalue weighted by Crippen LogP contribution is 2.26. The van der Waals surface area contributed by atoms with Crippen molar-refractivity contribution in [2.75, 3.05) is 24.4 Å². The van der Waals surface area contributed by atoms with Gasteiger partial charge in [0, 0.05) is 30.6 Å². The zero-order valence-corrected chi connectivity index (χ0v) is 14.9. The number of nitrogens with zero attached hydrogens (tertiary/aromatic N) is 2. The molecule has 9 heteroatoms. The van der Waals surface area contributed by atoms with Crippen LogP contribution in [-0.2, 0) is 20.7 Å². The number of nitrogens with one attached hydrogen (secondary N) is 2. The van der Waals surface area contributed by atoms with E-state index in [4.69, 9.17) is 16.3 Å². The number of ether oxygens (including phenoxy) is 1. The molecule has 3 rings (SSSR count). The first-order chi connectivity index (χ1) is 12.0. The van der Waals surface area contributed by atoms with Gasteiger partial charge < -0.3 is 15.4 Å². The summed E-state index contributed by atoms with van der Waals surface area (Å²) in [6, 6.07) is 4.85. The molecule has 1 aromatic carbocycles. The van der Waals surface area contributed by atoms with Crippen LogP contribution >= 0.6 is 22.9 Å². The molecule has 0 aliphatic heterocycles. The second-order valence-corrected chi connectivity index (χ2v) is 6.51. The average Bonchev–Trinajstić information content (AvgIpc) is 3.12. The van der Waals surface area contributed by atoms with Gasteiger partial charge in [0.25, 0.3) is 0 Å². The lowest BCUT2D eigenvalue weighted by Crippen LogP contribution is -2.18. The largest absolute Gasteiger partial charge is 0.375 e. The van der Waals surface area contributed by atoms with Gasteiger partial charge in [-0.25, -0.2) is 4.98 Å². The van der Waals surface area contributed by atoms with E-state index < -0.39 is 0 Å². The predicted molar refractivity (Wildman–Crippen MR) is 97.4 cm³/mol. The molecule has 0 aliphatic rings. The van der Waals surface area contributed by atoms with E-state index in [1.807, 2.05) is 22.2 Å². The highest BCUT2D eigenvalue weighted by atomic mass is 35.5. The van der Waals surface area contributed by atoms with Crippen molar-refractivity contribution in [3.63, 3.8) is 0 Å². The van der Waals surface area contributed by atoms with Crippen molar-refractivity contribution in [1.29, 1.82) is 0 Å². The Balaban J connectivity index is 1.67. The number of methoxy groups -OCH3 is 1. The lowest BCUT2D eigenvalue weighted by atomic mass is 10.2. The summed E-state index contributed by atoms with van der Waals surface area (Å²) in [5.41, 5.74) is 1.61. The first-order valence-electron chi connectivity index (χ1n) is 7.34. The van der Waals surface area contributed by atoms with E-state index in [0.717, 1.165) is 4.96 Å². The van der Waals surface area contributed by atoms with Crippen molar-refractivity contribution >= 4 is 51.1 Å². The van der Waals surface area contributed by atoms with Crippen LogP contribution in [0.3, 0.4) is 0 Å². The van der Waals surface area contributed by atoms with Crippen LogP contribution in [-0.4, -0.2) is 34.9 Å². The fourth-order valence-electron chi connectivity index (χ4n) is 2.25. The molecule has 0 saturated carbocycles. The maximum Gasteiger partial charge on any atom is 0.250 e. The molecule has 2 aromatic heterocycles. The Morgan fingerprint density at radius 1 is 1.32 bits per heavy atom. The molecule has 7 nitrogen and oxygen atoms in total. The second kappa shape index (κ2) is 7.64. The molecule has 25 heavy (non-hydrogen) atoms. The van der Waals surface area contributed by atoms with Crippen molar-refractivity contribution in [2.24, 2.45) is 0 Å². The smallest absolute Gasteiger partial charge is 0.250 e. The van der Waals surface area contributed by atoms with Crippen molar-refractivity contribution in [3.05, 3.63) is 46.7 Å². The zero-order valence-electron chi connectivity index (χ0n) is 13.3. The van der Waals surface area contributed by atoms with Crippen LogP contribution in [0.2, 0.25) is 5.02 Å². The van der Waals surface area contributed by atoms with Crippen LogP contribution in [0.25, 0.3) is 4.96 Å². The molecule has 0 unspecified atom stereocenters. The number of amides is 2. The lowest BCUT2D eigenvalue weighted by molar-refractivity contribution is -0.119. The van der Waals surface area contributed by atoms with Crippen molar-refractivity contribution in [1.82, 2.24) is 9.38 Å². The Hall–Kier alpha value is -2.42. The summed E-state index contributed by atoms with van der Waals surface area (Å²) in [6.07, 6.45) is 3.83. The van der Waals surface area contributed by atoms with E-state index in [-0.39, 0.29) is 24.8 Å². The number of carbonyl (C=O) groups is 2. The molecular weight excluding hydrogens is 364 g/mol. The van der Waals surface area contributed by atoms with Crippen molar-refractivity contribution in [3.8, 4) is 0 Å². The Kier molecular flexibility index (Phi) is 5.32. The predicted octanol–water partition coefficient (Wildman–Crippen LogP) is 2.82. The van der Waals surface area contributed by atoms with E-state index in [0.29, 0.717) is 22.1 Å². The Labute approximate surface area is 152 Å². The van der Waals surface area contributed by atoms with Gasteiger partial charge in [-0.1, -0.05) is 11.6 Å². The molecule has 0 radical (unpaired) electrons. The van der Waals surface area contributed by atoms with E-state index in [1.54, 1.807) is 18.2 Å². The van der Waals surface area contributed by atoms with E-state index in [2.05, 4.69) is 15.6 Å². The van der Waals surface area contributed by atoms with Crippen LogP contribution in [0.4, 0.5) is 11.4 Å². The van der Waals surface area contributed by atoms with E-state index >= 15 is 0 Å². The summed E-state index contributed by atoms with van der Waals surface area (Å²) in [5, 5.41) is 7.71. The summed E-state index contributed by atoms with van der Waals surface area (Å²) < 4.78 is 6.63. The standard InChI is InChI=1S/C16H15ClN4O3S/c1-24-9-15(23)18-10-2-3-12(17)13(6-10)20-14(22)7-11-8-21-4-5-25-16(21)19-11/h2-6,8H,7,9H2,1H3,(H,18,23)(H,20,22). The SMILES string of the molecule is COCC(=O)Nc1ccc(Cl)c(NC(=O)Cc2cn3ccsc3n2)c1. The number of benzene rings is 1. The fraction of sp³-hybridized carbons (Fsp3) is 0.188. The molecule has 2 heterocycles. The van der Waals surface area contributed by atoms with Gasteiger partial charge >= 0.3 is 0 Å². The summed E-state index contributed by atoms with van der Waals surface area (Å²) in [5.74, 6) is -0.534. The molecule has 2 amide bonds. The van der Waals surface area contributed by atoms with Gasteiger partial charge in [0.05, 0.1) is 22.8 Å². The van der Waals surface area contributed by atoms with Crippen LogP contribution < -0.4 is 10.6 Å². The quantitative estimate of drug-likeness (QED) is 0.690. The molecule has 2 N–H and O–H groups in total. The number of anilines is 2. The maximum absolute atomic E-state index is 12.2. The van der Waals surface area contributed by atoms with Gasteiger partial charge in [0.1, 0.15) is 6.61 Å². The molecule has 0 aliphatic carbocycles. The molecule has 130 valence electrons. The summed E-state index contributed by atoms with van der Waals surface area (Å²) in [4.78, 5) is 29.0. The van der Waals surface area contributed by atoms with Gasteiger partial charge in [-0.05, 0) is 18.2 Å². The number of fused-ring (bicyclic) bond motifs is 1. The molecule has 0 saturated heterocycles. The Morgan fingerprint density at radius 3 is 2.92 bits per heavy atom.